The van der Waals surface area contributed by atoms with Crippen molar-refractivity contribution in [1.29, 1.82) is 0 Å². The zero-order chi connectivity index (χ0) is 27.6. The van der Waals surface area contributed by atoms with Crippen LogP contribution in [0.1, 0.15) is 81.7 Å². The van der Waals surface area contributed by atoms with Crippen LogP contribution >= 0.6 is 0 Å². The van der Waals surface area contributed by atoms with E-state index in [4.69, 9.17) is 18.9 Å². The lowest BCUT2D eigenvalue weighted by molar-refractivity contribution is -0.167. The van der Waals surface area contributed by atoms with Crippen LogP contribution in [-0.4, -0.2) is 35.5 Å². The number of phenols is 1. The van der Waals surface area contributed by atoms with Crippen LogP contribution in [0.15, 0.2) is 24.3 Å². The fourth-order valence-electron chi connectivity index (χ4n) is 7.13. The van der Waals surface area contributed by atoms with Gasteiger partial charge in [0.05, 0.1) is 0 Å². The number of fused-ring (bicyclic) bond motifs is 5. The Balaban J connectivity index is 1.38. The lowest BCUT2D eigenvalue weighted by Gasteiger charge is -2.55. The molecule has 1 fully saturated rings. The maximum absolute atomic E-state index is 11.2. The highest BCUT2D eigenvalue weighted by Crippen LogP contribution is 2.56. The normalized spacial score (nSPS) is 27.6. The molecule has 0 saturated heterocycles. The highest BCUT2D eigenvalue weighted by atomic mass is 16.5. The lowest BCUT2D eigenvalue weighted by atomic mass is 9.57. The van der Waals surface area contributed by atoms with E-state index in [1.165, 1.54) is 0 Å². The number of aromatic hydroxyl groups is 1. The first-order valence-corrected chi connectivity index (χ1v) is 14.0. The fourth-order valence-corrected chi connectivity index (χ4v) is 7.13. The van der Waals surface area contributed by atoms with Gasteiger partial charge in [0.1, 0.15) is 35.4 Å². The quantitative estimate of drug-likeness (QED) is 0.348. The van der Waals surface area contributed by atoms with Gasteiger partial charge in [-0.15, -0.1) is 0 Å². The van der Waals surface area contributed by atoms with Crippen LogP contribution in [0.25, 0.3) is 18.2 Å². The van der Waals surface area contributed by atoms with Crippen LogP contribution in [0.2, 0.25) is 0 Å². The lowest BCUT2D eigenvalue weighted by Crippen LogP contribution is -2.59. The summed E-state index contributed by atoms with van der Waals surface area (Å²) in [4.78, 5) is 11.2. The molecule has 2 aromatic rings. The molecule has 1 N–H and O–H groups in total. The molecule has 4 aliphatic rings. The Kier molecular flexibility index (Phi) is 6.01. The molecule has 0 radical (unpaired) electrons. The molecule has 206 valence electrons. The van der Waals surface area contributed by atoms with Crippen LogP contribution in [0.3, 0.4) is 0 Å². The number of phenolic OH excluding ortho intramolecular Hbond substituents is 1. The summed E-state index contributed by atoms with van der Waals surface area (Å²) >= 11 is 0. The molecule has 39 heavy (non-hydrogen) atoms. The molecule has 0 bridgehead atoms. The molecule has 0 amide bonds. The first-order chi connectivity index (χ1) is 18.5. The summed E-state index contributed by atoms with van der Waals surface area (Å²) in [7, 11) is 0. The van der Waals surface area contributed by atoms with Gasteiger partial charge in [0, 0.05) is 22.5 Å². The molecule has 0 unspecified atom stereocenters. The third-order valence-electron chi connectivity index (χ3n) is 9.37. The summed E-state index contributed by atoms with van der Waals surface area (Å²) in [6, 6.07) is 6.01. The Morgan fingerprint density at radius 1 is 1.03 bits per heavy atom. The minimum atomic E-state index is -0.372. The van der Waals surface area contributed by atoms with E-state index in [0.29, 0.717) is 13.1 Å². The maximum Gasteiger partial charge on any atom is 0.293 e. The number of carbonyl (C=O) groups excluding carboxylic acids is 1. The van der Waals surface area contributed by atoms with Gasteiger partial charge in [0.15, 0.2) is 11.5 Å². The van der Waals surface area contributed by atoms with E-state index in [9.17, 15) is 9.90 Å². The molecule has 6 heteroatoms. The molecular weight excluding hydrogens is 492 g/mol. The van der Waals surface area contributed by atoms with E-state index in [-0.39, 0.29) is 34.4 Å². The number of rotatable bonds is 4. The summed E-state index contributed by atoms with van der Waals surface area (Å²) in [6.45, 7) is 11.8. The van der Waals surface area contributed by atoms with Gasteiger partial charge in [-0.2, -0.15) is 0 Å². The van der Waals surface area contributed by atoms with Gasteiger partial charge in [-0.3, -0.25) is 4.79 Å². The number of hydrogen-bond donors (Lipinski definition) is 1. The average molecular weight is 531 g/mol. The van der Waals surface area contributed by atoms with Gasteiger partial charge in [-0.25, -0.2) is 0 Å². The summed E-state index contributed by atoms with van der Waals surface area (Å²) in [5.41, 5.74) is 4.01. The molecule has 0 aromatic heterocycles. The average Bonchev–Trinajstić information content (AvgIpc) is 2.88. The van der Waals surface area contributed by atoms with Crippen molar-refractivity contribution < 1.29 is 28.8 Å². The third kappa shape index (κ3) is 4.38. The molecule has 6 nitrogen and oxygen atoms in total. The smallest absolute Gasteiger partial charge is 0.293 e. The third-order valence-corrected chi connectivity index (χ3v) is 9.37. The van der Waals surface area contributed by atoms with Crippen molar-refractivity contribution in [3.05, 3.63) is 52.1 Å². The molecule has 6 rings (SSSR count). The van der Waals surface area contributed by atoms with E-state index >= 15 is 0 Å². The van der Waals surface area contributed by atoms with Gasteiger partial charge < -0.3 is 24.1 Å². The summed E-state index contributed by atoms with van der Waals surface area (Å²) in [5, 5.41) is 10.7. The number of hydrogen-bond acceptors (Lipinski definition) is 6. The zero-order valence-electron chi connectivity index (χ0n) is 23.5. The van der Waals surface area contributed by atoms with Crippen molar-refractivity contribution in [2.45, 2.75) is 84.0 Å². The summed E-state index contributed by atoms with van der Waals surface area (Å²) < 4.78 is 24.7. The SMILES string of the molecule is CC1(C)CCc2c(O)cc(/C=C/c3cc4c(c5c3C=CCO5)O[C@]3(C)CC[C@@H](OC=O)C(C)(C)[C@H]3C4)cc2O1. The number of carbonyl (C=O) groups is 1. The topological polar surface area (TPSA) is 74.2 Å². The zero-order valence-corrected chi connectivity index (χ0v) is 23.5. The number of benzene rings is 2. The molecule has 3 aliphatic heterocycles. The highest BCUT2D eigenvalue weighted by molar-refractivity contribution is 5.81. The first kappa shape index (κ1) is 25.8. The van der Waals surface area contributed by atoms with E-state index < -0.39 is 0 Å². The van der Waals surface area contributed by atoms with Crippen LogP contribution in [-0.2, 0) is 22.4 Å². The van der Waals surface area contributed by atoms with Crippen LogP contribution in [0.4, 0.5) is 0 Å². The molecule has 1 saturated carbocycles. The van der Waals surface area contributed by atoms with Crippen LogP contribution < -0.4 is 14.2 Å². The first-order valence-electron chi connectivity index (χ1n) is 14.0. The van der Waals surface area contributed by atoms with Crippen LogP contribution in [0.5, 0.6) is 23.0 Å². The van der Waals surface area contributed by atoms with Crippen molar-refractivity contribution in [3.8, 4) is 23.0 Å². The Labute approximate surface area is 230 Å². The van der Waals surface area contributed by atoms with Gasteiger partial charge in [0.25, 0.3) is 6.47 Å². The molecule has 2 aromatic carbocycles. The second-order valence-electron chi connectivity index (χ2n) is 12.9. The molecule has 0 spiro atoms. The van der Waals surface area contributed by atoms with Gasteiger partial charge in [0.2, 0.25) is 0 Å². The van der Waals surface area contributed by atoms with Crippen molar-refractivity contribution in [1.82, 2.24) is 0 Å². The monoisotopic (exact) mass is 530 g/mol. The Morgan fingerprint density at radius 2 is 1.85 bits per heavy atom. The maximum atomic E-state index is 11.2. The highest BCUT2D eigenvalue weighted by Gasteiger charge is 2.56. The fraction of sp³-hybridized carbons (Fsp3) is 0.485. The van der Waals surface area contributed by atoms with Crippen molar-refractivity contribution in [2.75, 3.05) is 6.61 Å². The van der Waals surface area contributed by atoms with E-state index in [2.05, 4.69) is 52.8 Å². The Hall–Kier alpha value is -3.41. The number of ether oxygens (including phenoxy) is 4. The predicted molar refractivity (Wildman–Crippen MR) is 151 cm³/mol. The Bertz CT molecular complexity index is 1380. The Morgan fingerprint density at radius 3 is 2.64 bits per heavy atom. The van der Waals surface area contributed by atoms with E-state index in [1.807, 2.05) is 18.2 Å². The second-order valence-corrected chi connectivity index (χ2v) is 12.9. The van der Waals surface area contributed by atoms with Crippen LogP contribution in [0, 0.1) is 11.3 Å². The minimum absolute atomic E-state index is 0.140. The van der Waals surface area contributed by atoms with E-state index in [0.717, 1.165) is 77.2 Å². The molecular formula is C33H38O6. The van der Waals surface area contributed by atoms with Gasteiger partial charge in [-0.1, -0.05) is 32.1 Å². The summed E-state index contributed by atoms with van der Waals surface area (Å²) in [6.07, 6.45) is 12.1. The molecule has 1 aliphatic carbocycles. The van der Waals surface area contributed by atoms with Crippen molar-refractivity contribution in [3.63, 3.8) is 0 Å². The van der Waals surface area contributed by atoms with E-state index in [1.54, 1.807) is 6.07 Å². The van der Waals surface area contributed by atoms with Gasteiger partial charge in [-0.05, 0) is 93.8 Å². The predicted octanol–water partition coefficient (Wildman–Crippen LogP) is 6.74. The molecule has 3 atom stereocenters. The van der Waals surface area contributed by atoms with Gasteiger partial charge >= 0.3 is 0 Å². The standard InChI is InChI=1S/C33H38O6/c1-31(2)12-10-24-25(35)15-20(16-26(24)38-31)8-9-21-17-22-18-27-32(3,4)28(37-19-34)11-13-33(27,5)39-29(22)30-23(21)7-6-14-36-30/h6-9,15-17,19,27-28,35H,10-14,18H2,1-5H3/b9-8+/t27-,28-,33-/m1/s1. The summed E-state index contributed by atoms with van der Waals surface area (Å²) in [5.74, 6) is 2.82. The minimum Gasteiger partial charge on any atom is -0.508 e. The largest absolute Gasteiger partial charge is 0.508 e. The second kappa shape index (κ2) is 9.07. The molecule has 3 heterocycles. The van der Waals surface area contributed by atoms with Crippen molar-refractivity contribution in [2.24, 2.45) is 11.3 Å². The van der Waals surface area contributed by atoms with Crippen molar-refractivity contribution >= 4 is 24.7 Å².